The Labute approximate surface area is 323 Å². The van der Waals surface area contributed by atoms with Gasteiger partial charge in [-0.1, -0.05) is 60.7 Å². The number of esters is 1. The average Bonchev–Trinajstić information content (AvgIpc) is 3.26. The summed E-state index contributed by atoms with van der Waals surface area (Å²) in [6.45, 7) is 10.1. The standard InChI is InChI=1S/C33H37O7.3C4H9.Sn/c1-2-37-33(35)21-13-23-38-29-18-9-10-19-30(39-25-28-16-7-4-8-17-28)32(40-31(29)20-11-12-22-34)26-36-24-27-14-5-3-6-15-27;3*1-3-4-2;/h3-11,14-17,20,22-23,29-32H,2,12,18-19,24-26H2,1H3;3*1,3-4H2,2H3;/b10-9-,20-11-;;;;/t13?,29-,30+,31+,32-;;;;/m1..../s1. The minimum atomic E-state index is -3.24. The number of benzene rings is 2. The predicted molar refractivity (Wildman–Crippen MR) is 216 cm³/mol. The molecule has 1 heterocycles. The zero-order valence-corrected chi connectivity index (χ0v) is 35.6. The zero-order valence-electron chi connectivity index (χ0n) is 32.7. The second kappa shape index (κ2) is 26.8. The molecule has 290 valence electrons. The summed E-state index contributed by atoms with van der Waals surface area (Å²) in [5.41, 5.74) is 5.61. The van der Waals surface area contributed by atoms with Crippen LogP contribution in [0.4, 0.5) is 0 Å². The number of hydrogen-bond acceptors (Lipinski definition) is 7. The minimum absolute atomic E-state index is 0.228. The summed E-state index contributed by atoms with van der Waals surface area (Å²) in [7, 11) is 0. The number of rotatable bonds is 24. The van der Waals surface area contributed by atoms with Gasteiger partial charge in [0.25, 0.3) is 0 Å². The van der Waals surface area contributed by atoms with E-state index in [0.29, 0.717) is 39.3 Å². The molecule has 0 N–H and O–H groups in total. The maximum atomic E-state index is 13.7. The quantitative estimate of drug-likeness (QED) is 0.0198. The predicted octanol–water partition coefficient (Wildman–Crippen LogP) is 10.4. The number of carbonyl (C=O) groups is 2. The number of hydrogen-bond donors (Lipinski definition) is 0. The molecule has 0 radical (unpaired) electrons. The van der Waals surface area contributed by atoms with Gasteiger partial charge in [-0.05, 0) is 0 Å². The Morgan fingerprint density at radius 1 is 0.830 bits per heavy atom. The fourth-order valence-corrected chi connectivity index (χ4v) is 22.4. The van der Waals surface area contributed by atoms with Crippen molar-refractivity contribution in [2.75, 3.05) is 13.2 Å². The van der Waals surface area contributed by atoms with Crippen molar-refractivity contribution in [1.82, 2.24) is 0 Å². The zero-order chi connectivity index (χ0) is 38.0. The van der Waals surface area contributed by atoms with E-state index in [1.165, 1.54) is 0 Å². The molecule has 0 amide bonds. The van der Waals surface area contributed by atoms with Gasteiger partial charge in [0, 0.05) is 0 Å². The number of carbonyl (C=O) groups excluding carboxylic acids is 2. The molecule has 0 spiro atoms. The normalized spacial score (nSPS) is 19.7. The molecule has 4 atom stereocenters. The van der Waals surface area contributed by atoms with Crippen molar-refractivity contribution in [2.24, 2.45) is 0 Å². The van der Waals surface area contributed by atoms with E-state index >= 15 is 0 Å². The van der Waals surface area contributed by atoms with Crippen LogP contribution in [-0.4, -0.2) is 68.3 Å². The van der Waals surface area contributed by atoms with Crippen LogP contribution in [0.1, 0.15) is 96.6 Å². The Morgan fingerprint density at radius 2 is 1.42 bits per heavy atom. The Kier molecular flexibility index (Phi) is 22.5. The van der Waals surface area contributed by atoms with E-state index in [1.807, 2.05) is 67.6 Å². The maximum absolute atomic E-state index is 13.7. The molecule has 0 saturated carbocycles. The fraction of sp³-hybridized carbons (Fsp3) is 0.533. The van der Waals surface area contributed by atoms with Crippen molar-refractivity contribution in [3.05, 3.63) is 112 Å². The molecule has 0 aromatic heterocycles. The monoisotopic (exact) mass is 836 g/mol. The van der Waals surface area contributed by atoms with E-state index in [1.54, 1.807) is 6.26 Å². The molecule has 2 aromatic carbocycles. The molecule has 0 unspecified atom stereocenters. The van der Waals surface area contributed by atoms with Crippen LogP contribution in [0.2, 0.25) is 13.3 Å². The van der Waals surface area contributed by atoms with Crippen LogP contribution in [0.25, 0.3) is 0 Å². The van der Waals surface area contributed by atoms with Gasteiger partial charge in [0.2, 0.25) is 0 Å². The van der Waals surface area contributed by atoms with Gasteiger partial charge in [0.05, 0.1) is 0 Å². The summed E-state index contributed by atoms with van der Waals surface area (Å²) >= 11 is -3.24. The third kappa shape index (κ3) is 16.1. The van der Waals surface area contributed by atoms with Crippen LogP contribution in [-0.2, 0) is 46.5 Å². The van der Waals surface area contributed by atoms with Crippen molar-refractivity contribution in [3.63, 3.8) is 0 Å². The summed E-state index contributed by atoms with van der Waals surface area (Å²) in [5.74, 6) is -0.228. The first-order valence-electron chi connectivity index (χ1n) is 20.0. The molecular formula is C45H64O7Sn. The summed E-state index contributed by atoms with van der Waals surface area (Å²) in [4.78, 5) is 25.1. The Morgan fingerprint density at radius 3 is 1.98 bits per heavy atom. The molecule has 0 fully saturated rings. The van der Waals surface area contributed by atoms with E-state index in [9.17, 15) is 9.59 Å². The SMILES string of the molecule is CCC[CH2][Sn]([CH2]CCC)([CH2]CCC)[C](=C=CO[C@@H]1C/C=C\C[C@H](OCc2ccccc2)[C@@H](COCc2ccccc2)O[C@H]1/C=C\CC=O)C(=O)OCC. The molecule has 3 rings (SSSR count). The van der Waals surface area contributed by atoms with Crippen LogP contribution in [0, 0.1) is 0 Å². The third-order valence-corrected chi connectivity index (χ3v) is 25.0. The number of ether oxygens (including phenoxy) is 5. The molecule has 7 nitrogen and oxygen atoms in total. The molecule has 8 heteroatoms. The number of aldehydes is 1. The van der Waals surface area contributed by atoms with Crippen molar-refractivity contribution in [2.45, 2.75) is 136 Å². The Balaban J connectivity index is 1.99. The van der Waals surface area contributed by atoms with Gasteiger partial charge in [-0.3, -0.25) is 0 Å². The molecular weight excluding hydrogens is 771 g/mol. The molecule has 0 bridgehead atoms. The first-order chi connectivity index (χ1) is 26.0. The second-order valence-electron chi connectivity index (χ2n) is 13.9. The van der Waals surface area contributed by atoms with E-state index in [-0.39, 0.29) is 18.5 Å². The van der Waals surface area contributed by atoms with Gasteiger partial charge < -0.3 is 0 Å². The van der Waals surface area contributed by atoms with Gasteiger partial charge in [-0.2, -0.15) is 0 Å². The van der Waals surface area contributed by atoms with Gasteiger partial charge in [0.1, 0.15) is 0 Å². The molecule has 0 saturated heterocycles. The van der Waals surface area contributed by atoms with Crippen molar-refractivity contribution >= 4 is 30.6 Å². The van der Waals surface area contributed by atoms with E-state index < -0.39 is 36.7 Å². The molecule has 0 aliphatic carbocycles. The first-order valence-corrected chi connectivity index (χ1v) is 27.4. The third-order valence-electron chi connectivity index (χ3n) is 9.76. The number of allylic oxidation sites excluding steroid dienone is 1. The van der Waals surface area contributed by atoms with E-state index in [2.05, 4.69) is 50.8 Å². The van der Waals surface area contributed by atoms with Crippen LogP contribution in [0.3, 0.4) is 0 Å². The van der Waals surface area contributed by atoms with Gasteiger partial charge >= 0.3 is 265 Å². The van der Waals surface area contributed by atoms with Crippen molar-refractivity contribution in [1.29, 1.82) is 0 Å². The fourth-order valence-electron chi connectivity index (χ4n) is 6.77. The van der Waals surface area contributed by atoms with Crippen LogP contribution in [0.5, 0.6) is 0 Å². The Hall–Kier alpha value is -2.94. The second-order valence-corrected chi connectivity index (χ2v) is 26.9. The molecule has 1 aliphatic rings. The van der Waals surface area contributed by atoms with Crippen LogP contribution < -0.4 is 0 Å². The van der Waals surface area contributed by atoms with Crippen molar-refractivity contribution in [3.8, 4) is 0 Å². The Bertz CT molecular complexity index is 1400. The summed E-state index contributed by atoms with van der Waals surface area (Å²) in [6.07, 6.45) is 16.8. The first kappa shape index (κ1) is 44.5. The van der Waals surface area contributed by atoms with Crippen LogP contribution >= 0.6 is 0 Å². The van der Waals surface area contributed by atoms with E-state index in [0.717, 1.165) is 72.8 Å². The topological polar surface area (TPSA) is 80.3 Å². The number of unbranched alkanes of at least 4 members (excludes halogenated alkanes) is 3. The summed E-state index contributed by atoms with van der Waals surface area (Å²) < 4.78 is 36.1. The van der Waals surface area contributed by atoms with Gasteiger partial charge in [0.15, 0.2) is 0 Å². The van der Waals surface area contributed by atoms with Crippen LogP contribution in [0.15, 0.2) is 101 Å². The molecule has 1 aliphatic heterocycles. The van der Waals surface area contributed by atoms with Crippen molar-refractivity contribution < 1.29 is 33.3 Å². The van der Waals surface area contributed by atoms with Gasteiger partial charge in [-0.15, -0.1) is 0 Å². The molecule has 2 aromatic rings. The average molecular weight is 836 g/mol. The van der Waals surface area contributed by atoms with E-state index in [4.69, 9.17) is 23.7 Å². The van der Waals surface area contributed by atoms with Gasteiger partial charge in [-0.25, -0.2) is 0 Å². The molecule has 53 heavy (non-hydrogen) atoms. The summed E-state index contributed by atoms with van der Waals surface area (Å²) in [6, 6.07) is 20.2. The summed E-state index contributed by atoms with van der Waals surface area (Å²) in [5, 5.41) is 0.